The summed E-state index contributed by atoms with van der Waals surface area (Å²) in [6.45, 7) is 2.34. The Kier molecular flexibility index (Phi) is 6.12. The number of fused-ring (bicyclic) bond motifs is 2. The molecule has 5 rings (SSSR count). The molecule has 1 aliphatic heterocycles. The van der Waals surface area contributed by atoms with Crippen LogP contribution < -0.4 is 16.2 Å². The summed E-state index contributed by atoms with van der Waals surface area (Å²) in [5, 5.41) is 5.78. The van der Waals surface area contributed by atoms with Crippen molar-refractivity contribution in [2.24, 2.45) is 0 Å². The summed E-state index contributed by atoms with van der Waals surface area (Å²) >= 11 is 1.14. The van der Waals surface area contributed by atoms with Gasteiger partial charge in [0, 0.05) is 19.2 Å². The van der Waals surface area contributed by atoms with Crippen LogP contribution >= 0.6 is 11.3 Å². The van der Waals surface area contributed by atoms with Crippen molar-refractivity contribution in [3.05, 3.63) is 80.7 Å². The summed E-state index contributed by atoms with van der Waals surface area (Å²) in [6, 6.07) is 8.59. The molecule has 0 spiro atoms. The Labute approximate surface area is 203 Å². The third-order valence-electron chi connectivity index (χ3n) is 5.99. The zero-order valence-electron chi connectivity index (χ0n) is 18.9. The zero-order chi connectivity index (χ0) is 24.5. The molecule has 8 nitrogen and oxygen atoms in total. The summed E-state index contributed by atoms with van der Waals surface area (Å²) in [5.74, 6) is -0.834. The van der Waals surface area contributed by atoms with Crippen LogP contribution in [0.15, 0.2) is 47.4 Å². The molecule has 0 saturated carbocycles. The predicted molar refractivity (Wildman–Crippen MR) is 133 cm³/mol. The first-order valence-electron chi connectivity index (χ1n) is 11.3. The topological polar surface area (TPSA) is 106 Å². The predicted octanol–water partition coefficient (Wildman–Crippen LogP) is 4.53. The highest BCUT2D eigenvalue weighted by atomic mass is 32.1. The fourth-order valence-electron chi connectivity index (χ4n) is 4.22. The van der Waals surface area contributed by atoms with Crippen LogP contribution in [0.5, 0.6) is 0 Å². The Morgan fingerprint density at radius 3 is 2.69 bits per heavy atom. The second-order valence-electron chi connectivity index (χ2n) is 8.34. The molecule has 0 radical (unpaired) electrons. The lowest BCUT2D eigenvalue weighted by atomic mass is 10.2. The maximum absolute atomic E-state index is 14.0. The molecule has 0 bridgehead atoms. The Hall–Kier alpha value is -3.92. The molecule has 2 N–H and O–H groups in total. The standard InChI is InChI=1S/C25H22FN5O3S/c1-14-20-24(30-19-8-3-2-6-12-31(19)25(20)34)35-21(14)23(33)29-18-13-15(26)9-10-16(18)28-22(32)17-7-4-5-11-27-17/h4-5,7,9-11,13H,2-3,6,8,12H2,1H3,(H,28,32)(H,29,33). The Bertz CT molecular complexity index is 1510. The van der Waals surface area contributed by atoms with E-state index in [4.69, 9.17) is 0 Å². The lowest BCUT2D eigenvalue weighted by Crippen LogP contribution is -2.24. The normalized spacial score (nSPS) is 13.2. The molecule has 0 atom stereocenters. The molecular formula is C25H22FN5O3S. The monoisotopic (exact) mass is 491 g/mol. The average molecular weight is 492 g/mol. The van der Waals surface area contributed by atoms with Gasteiger partial charge < -0.3 is 10.6 Å². The van der Waals surface area contributed by atoms with Crippen LogP contribution in [0.3, 0.4) is 0 Å². The number of carbonyl (C=O) groups is 2. The third kappa shape index (κ3) is 4.44. The molecule has 178 valence electrons. The van der Waals surface area contributed by atoms with E-state index in [9.17, 15) is 18.8 Å². The number of aromatic nitrogens is 3. The van der Waals surface area contributed by atoms with Gasteiger partial charge in [0.15, 0.2) is 0 Å². The van der Waals surface area contributed by atoms with E-state index in [1.54, 1.807) is 29.7 Å². The number of rotatable bonds is 4. The molecule has 4 heterocycles. The van der Waals surface area contributed by atoms with Gasteiger partial charge in [-0.1, -0.05) is 12.5 Å². The van der Waals surface area contributed by atoms with Gasteiger partial charge in [0.05, 0.1) is 21.6 Å². The van der Waals surface area contributed by atoms with Gasteiger partial charge in [0.1, 0.15) is 22.2 Å². The summed E-state index contributed by atoms with van der Waals surface area (Å²) in [6.07, 6.45) is 5.16. The Balaban J connectivity index is 1.47. The van der Waals surface area contributed by atoms with E-state index >= 15 is 0 Å². The van der Waals surface area contributed by atoms with E-state index in [0.29, 0.717) is 27.2 Å². The third-order valence-corrected chi connectivity index (χ3v) is 7.18. The number of benzene rings is 1. The van der Waals surface area contributed by atoms with Gasteiger partial charge in [-0.25, -0.2) is 9.37 Å². The quantitative estimate of drug-likeness (QED) is 0.436. The second kappa shape index (κ2) is 9.38. The molecule has 1 aromatic carbocycles. The molecule has 0 fully saturated rings. The average Bonchev–Trinajstić information content (AvgIpc) is 3.01. The number of nitrogens with zero attached hydrogens (tertiary/aromatic N) is 3. The van der Waals surface area contributed by atoms with E-state index in [1.807, 2.05) is 0 Å². The number of nitrogens with one attached hydrogen (secondary N) is 2. The van der Waals surface area contributed by atoms with E-state index in [-0.39, 0.29) is 22.6 Å². The van der Waals surface area contributed by atoms with Gasteiger partial charge in [-0.05, 0) is 55.7 Å². The summed E-state index contributed by atoms with van der Waals surface area (Å²) in [5.41, 5.74) is 0.903. The molecule has 4 aromatic rings. The van der Waals surface area contributed by atoms with Crippen LogP contribution in [0.4, 0.5) is 15.8 Å². The Morgan fingerprint density at radius 2 is 1.89 bits per heavy atom. The summed E-state index contributed by atoms with van der Waals surface area (Å²) < 4.78 is 15.8. The lowest BCUT2D eigenvalue weighted by molar-refractivity contribution is 0.101. The van der Waals surface area contributed by atoms with Gasteiger partial charge >= 0.3 is 0 Å². The number of halogens is 1. The number of amides is 2. The largest absolute Gasteiger partial charge is 0.319 e. The molecule has 0 saturated heterocycles. The zero-order valence-corrected chi connectivity index (χ0v) is 19.7. The van der Waals surface area contributed by atoms with Crippen molar-refractivity contribution in [3.8, 4) is 0 Å². The fraction of sp³-hybridized carbons (Fsp3) is 0.240. The van der Waals surface area contributed by atoms with Crippen LogP contribution in [0, 0.1) is 12.7 Å². The number of anilines is 2. The Morgan fingerprint density at radius 1 is 1.06 bits per heavy atom. The SMILES string of the molecule is Cc1c(C(=O)Nc2cc(F)ccc2NC(=O)c2ccccn2)sc2nc3n(c(=O)c12)CCCCC3. The highest BCUT2D eigenvalue weighted by Gasteiger charge is 2.23. The molecule has 1 aliphatic rings. The molecule has 3 aromatic heterocycles. The van der Waals surface area contributed by atoms with Crippen molar-refractivity contribution in [1.82, 2.24) is 14.5 Å². The van der Waals surface area contributed by atoms with Crippen molar-refractivity contribution >= 4 is 44.7 Å². The minimum Gasteiger partial charge on any atom is -0.319 e. The minimum absolute atomic E-state index is 0.0941. The van der Waals surface area contributed by atoms with E-state index in [0.717, 1.165) is 48.9 Å². The molecule has 0 aliphatic carbocycles. The maximum Gasteiger partial charge on any atom is 0.274 e. The first kappa shape index (κ1) is 22.9. The van der Waals surface area contributed by atoms with E-state index < -0.39 is 17.6 Å². The highest BCUT2D eigenvalue weighted by molar-refractivity contribution is 7.20. The minimum atomic E-state index is -0.576. The molecule has 10 heteroatoms. The van der Waals surface area contributed by atoms with Gasteiger partial charge in [0.25, 0.3) is 17.4 Å². The van der Waals surface area contributed by atoms with Crippen LogP contribution in [0.2, 0.25) is 0 Å². The smallest absolute Gasteiger partial charge is 0.274 e. The number of thiophene rings is 1. The highest BCUT2D eigenvalue weighted by Crippen LogP contribution is 2.30. The van der Waals surface area contributed by atoms with Crippen LogP contribution in [0.1, 0.15) is 50.8 Å². The van der Waals surface area contributed by atoms with Gasteiger partial charge in [0.2, 0.25) is 0 Å². The first-order valence-corrected chi connectivity index (χ1v) is 12.1. The van der Waals surface area contributed by atoms with Crippen LogP contribution in [-0.2, 0) is 13.0 Å². The van der Waals surface area contributed by atoms with Crippen molar-refractivity contribution < 1.29 is 14.0 Å². The van der Waals surface area contributed by atoms with Gasteiger partial charge in [-0.2, -0.15) is 0 Å². The molecule has 35 heavy (non-hydrogen) atoms. The number of aryl methyl sites for hydroxylation is 2. The molecular weight excluding hydrogens is 469 g/mol. The first-order chi connectivity index (χ1) is 16.9. The van der Waals surface area contributed by atoms with E-state index in [2.05, 4.69) is 20.6 Å². The van der Waals surface area contributed by atoms with Crippen LogP contribution in [0.25, 0.3) is 10.2 Å². The number of hydrogen-bond donors (Lipinski definition) is 2. The van der Waals surface area contributed by atoms with Gasteiger partial charge in [-0.3, -0.25) is 23.9 Å². The van der Waals surface area contributed by atoms with Crippen molar-refractivity contribution in [2.45, 2.75) is 39.2 Å². The fourth-order valence-corrected chi connectivity index (χ4v) is 5.30. The van der Waals surface area contributed by atoms with E-state index in [1.165, 1.54) is 18.3 Å². The molecule has 2 amide bonds. The number of carbonyl (C=O) groups excluding carboxylic acids is 2. The van der Waals surface area contributed by atoms with Gasteiger partial charge in [-0.15, -0.1) is 11.3 Å². The lowest BCUT2D eigenvalue weighted by Gasteiger charge is -2.12. The van der Waals surface area contributed by atoms with Crippen molar-refractivity contribution in [2.75, 3.05) is 10.6 Å². The summed E-state index contributed by atoms with van der Waals surface area (Å²) in [4.78, 5) is 48.5. The summed E-state index contributed by atoms with van der Waals surface area (Å²) in [7, 11) is 0. The maximum atomic E-state index is 14.0. The van der Waals surface area contributed by atoms with Crippen molar-refractivity contribution in [3.63, 3.8) is 0 Å². The molecule has 0 unspecified atom stereocenters. The van der Waals surface area contributed by atoms with Crippen LogP contribution in [-0.4, -0.2) is 26.3 Å². The van der Waals surface area contributed by atoms with Crippen molar-refractivity contribution in [1.29, 1.82) is 0 Å². The number of pyridine rings is 1. The number of hydrogen-bond acceptors (Lipinski definition) is 6. The second-order valence-corrected chi connectivity index (χ2v) is 9.34.